The molecule has 1 aromatic heterocycles. The molecular formula is C18H23N3O3S. The topological polar surface area (TPSA) is 72.3 Å². The molecule has 1 saturated carbocycles. The third-order valence-electron chi connectivity index (χ3n) is 4.98. The predicted octanol–water partition coefficient (Wildman–Crippen LogP) is 1.90. The number of aromatic nitrogens is 2. The van der Waals surface area contributed by atoms with Crippen molar-refractivity contribution in [3.05, 3.63) is 47.8 Å². The van der Waals surface area contributed by atoms with Gasteiger partial charge in [0.25, 0.3) is 0 Å². The van der Waals surface area contributed by atoms with Crippen molar-refractivity contribution >= 4 is 15.7 Å². The Morgan fingerprint density at radius 2 is 1.92 bits per heavy atom. The predicted molar refractivity (Wildman–Crippen MR) is 94.8 cm³/mol. The first-order chi connectivity index (χ1) is 11.7. The fourth-order valence-electron chi connectivity index (χ4n) is 3.44. The maximum absolute atomic E-state index is 13.1. The number of carbonyl (C=O) groups excluding carboxylic acids is 1. The first kappa shape index (κ1) is 17.7. The van der Waals surface area contributed by atoms with Gasteiger partial charge in [-0.2, -0.15) is 5.10 Å². The van der Waals surface area contributed by atoms with E-state index >= 15 is 0 Å². The van der Waals surface area contributed by atoms with Crippen LogP contribution in [-0.2, 0) is 33.6 Å². The minimum atomic E-state index is -3.23. The second kappa shape index (κ2) is 6.29. The standard InChI is InChI=1S/C18H23N3O3S/c1-20(12-14-11-19-21(2)13-14)17(22)18(9-4-10-18)15-5-7-16(8-6-15)25(3,23)24/h5-8,11,13H,4,9-10,12H2,1-3H3. The van der Waals surface area contributed by atoms with Crippen molar-refractivity contribution in [1.29, 1.82) is 0 Å². The normalized spacial score (nSPS) is 16.3. The average Bonchev–Trinajstić information content (AvgIpc) is 2.90. The molecule has 0 saturated heterocycles. The van der Waals surface area contributed by atoms with Crippen molar-refractivity contribution in [2.45, 2.75) is 36.1 Å². The number of aryl methyl sites for hydroxylation is 1. The summed E-state index contributed by atoms with van der Waals surface area (Å²) >= 11 is 0. The van der Waals surface area contributed by atoms with Crippen LogP contribution in [0.1, 0.15) is 30.4 Å². The Balaban J connectivity index is 1.83. The van der Waals surface area contributed by atoms with Crippen molar-refractivity contribution < 1.29 is 13.2 Å². The van der Waals surface area contributed by atoms with Crippen LogP contribution in [0.5, 0.6) is 0 Å². The van der Waals surface area contributed by atoms with Crippen molar-refractivity contribution in [2.24, 2.45) is 7.05 Å². The van der Waals surface area contributed by atoms with Crippen LogP contribution in [0, 0.1) is 0 Å². The monoisotopic (exact) mass is 361 g/mol. The zero-order chi connectivity index (χ0) is 18.2. The lowest BCUT2D eigenvalue weighted by Crippen LogP contribution is -2.49. The molecule has 1 amide bonds. The SMILES string of the molecule is CN(Cc1cnn(C)c1)C(=O)C1(c2ccc(S(C)(=O)=O)cc2)CCC1. The number of nitrogens with zero attached hydrogens (tertiary/aromatic N) is 3. The molecule has 0 radical (unpaired) electrons. The van der Waals surface area contributed by atoms with Crippen LogP contribution in [0.4, 0.5) is 0 Å². The maximum atomic E-state index is 13.1. The summed E-state index contributed by atoms with van der Waals surface area (Å²) in [5.41, 5.74) is 1.35. The minimum Gasteiger partial charge on any atom is -0.341 e. The Morgan fingerprint density at radius 1 is 1.28 bits per heavy atom. The van der Waals surface area contributed by atoms with Crippen LogP contribution in [0.25, 0.3) is 0 Å². The molecule has 1 aliphatic rings. The molecule has 6 nitrogen and oxygen atoms in total. The molecule has 3 rings (SSSR count). The number of likely N-dealkylation sites (N-methyl/N-ethyl adjacent to an activating group) is 1. The van der Waals surface area contributed by atoms with Gasteiger partial charge in [0, 0.05) is 38.7 Å². The average molecular weight is 361 g/mol. The lowest BCUT2D eigenvalue weighted by atomic mass is 9.63. The highest BCUT2D eigenvalue weighted by molar-refractivity contribution is 7.90. The van der Waals surface area contributed by atoms with Crippen LogP contribution in [0.2, 0.25) is 0 Å². The molecule has 1 aromatic carbocycles. The molecule has 0 spiro atoms. The van der Waals surface area contributed by atoms with Gasteiger partial charge in [0.1, 0.15) is 0 Å². The third-order valence-corrected chi connectivity index (χ3v) is 6.10. The van der Waals surface area contributed by atoms with E-state index in [1.165, 1.54) is 6.26 Å². The Morgan fingerprint density at radius 3 is 2.36 bits per heavy atom. The molecule has 7 heteroatoms. The van der Waals surface area contributed by atoms with E-state index < -0.39 is 15.3 Å². The van der Waals surface area contributed by atoms with Gasteiger partial charge in [0.05, 0.1) is 16.5 Å². The van der Waals surface area contributed by atoms with E-state index in [-0.39, 0.29) is 10.8 Å². The molecule has 0 aliphatic heterocycles. The van der Waals surface area contributed by atoms with E-state index in [0.29, 0.717) is 6.54 Å². The van der Waals surface area contributed by atoms with Crippen molar-refractivity contribution in [3.8, 4) is 0 Å². The lowest BCUT2D eigenvalue weighted by Gasteiger charge is -2.43. The van der Waals surface area contributed by atoms with Crippen LogP contribution in [0.15, 0.2) is 41.6 Å². The van der Waals surface area contributed by atoms with Crippen LogP contribution >= 0.6 is 0 Å². The number of amides is 1. The molecule has 134 valence electrons. The first-order valence-electron chi connectivity index (χ1n) is 8.26. The molecule has 0 atom stereocenters. The molecule has 1 aliphatic carbocycles. The van der Waals surface area contributed by atoms with Gasteiger partial charge < -0.3 is 4.90 Å². The van der Waals surface area contributed by atoms with Gasteiger partial charge in [-0.3, -0.25) is 9.48 Å². The van der Waals surface area contributed by atoms with E-state index in [0.717, 1.165) is 30.4 Å². The summed E-state index contributed by atoms with van der Waals surface area (Å²) in [5, 5.41) is 4.14. The second-order valence-corrected chi connectivity index (χ2v) is 8.93. The van der Waals surface area contributed by atoms with Crippen molar-refractivity contribution in [2.75, 3.05) is 13.3 Å². The van der Waals surface area contributed by atoms with Gasteiger partial charge in [0.15, 0.2) is 9.84 Å². The molecule has 1 fully saturated rings. The molecule has 25 heavy (non-hydrogen) atoms. The minimum absolute atomic E-state index is 0.0784. The summed E-state index contributed by atoms with van der Waals surface area (Å²) in [4.78, 5) is 15.1. The van der Waals surface area contributed by atoms with E-state index in [9.17, 15) is 13.2 Å². The van der Waals surface area contributed by atoms with Gasteiger partial charge in [0.2, 0.25) is 5.91 Å². The van der Waals surface area contributed by atoms with E-state index in [2.05, 4.69) is 5.10 Å². The summed E-state index contributed by atoms with van der Waals surface area (Å²) in [6, 6.07) is 6.76. The number of hydrogen-bond acceptors (Lipinski definition) is 4. The molecule has 0 unspecified atom stereocenters. The Kier molecular flexibility index (Phi) is 4.45. The molecule has 0 bridgehead atoms. The number of sulfone groups is 1. The highest BCUT2D eigenvalue weighted by Crippen LogP contribution is 2.45. The molecule has 1 heterocycles. The first-order valence-corrected chi connectivity index (χ1v) is 10.2. The lowest BCUT2D eigenvalue weighted by molar-refractivity contribution is -0.140. The van der Waals surface area contributed by atoms with E-state index in [1.54, 1.807) is 47.1 Å². The Bertz CT molecular complexity index is 881. The van der Waals surface area contributed by atoms with E-state index in [1.807, 2.05) is 13.2 Å². The highest BCUT2D eigenvalue weighted by Gasteiger charge is 2.47. The quantitative estimate of drug-likeness (QED) is 0.815. The maximum Gasteiger partial charge on any atom is 0.233 e. The zero-order valence-electron chi connectivity index (χ0n) is 14.8. The zero-order valence-corrected chi connectivity index (χ0v) is 15.6. The summed E-state index contributed by atoms with van der Waals surface area (Å²) in [6.07, 6.45) is 7.44. The fraction of sp³-hybridized carbons (Fsp3) is 0.444. The van der Waals surface area contributed by atoms with Crippen LogP contribution in [0.3, 0.4) is 0 Å². The molecule has 0 N–H and O–H groups in total. The van der Waals surface area contributed by atoms with Crippen molar-refractivity contribution in [3.63, 3.8) is 0 Å². The highest BCUT2D eigenvalue weighted by atomic mass is 32.2. The largest absolute Gasteiger partial charge is 0.341 e. The van der Waals surface area contributed by atoms with Crippen molar-refractivity contribution in [1.82, 2.24) is 14.7 Å². The van der Waals surface area contributed by atoms with Crippen LogP contribution < -0.4 is 0 Å². The molecule has 2 aromatic rings. The smallest absolute Gasteiger partial charge is 0.233 e. The second-order valence-electron chi connectivity index (χ2n) is 6.92. The molecular weight excluding hydrogens is 338 g/mol. The summed E-state index contributed by atoms with van der Waals surface area (Å²) < 4.78 is 25.0. The van der Waals surface area contributed by atoms with Gasteiger partial charge in [-0.05, 0) is 30.5 Å². The Labute approximate surface area is 148 Å². The van der Waals surface area contributed by atoms with Gasteiger partial charge in [-0.15, -0.1) is 0 Å². The Hall–Kier alpha value is -2.15. The number of hydrogen-bond donors (Lipinski definition) is 0. The number of benzene rings is 1. The van der Waals surface area contributed by atoms with Gasteiger partial charge in [-0.25, -0.2) is 8.42 Å². The third kappa shape index (κ3) is 3.33. The summed E-state index contributed by atoms with van der Waals surface area (Å²) in [5.74, 6) is 0.0784. The van der Waals surface area contributed by atoms with Gasteiger partial charge >= 0.3 is 0 Å². The van der Waals surface area contributed by atoms with Crippen LogP contribution in [-0.4, -0.2) is 42.3 Å². The fourth-order valence-corrected chi connectivity index (χ4v) is 4.07. The summed E-state index contributed by atoms with van der Waals surface area (Å²) in [7, 11) is 0.422. The number of rotatable bonds is 5. The van der Waals surface area contributed by atoms with Gasteiger partial charge in [-0.1, -0.05) is 18.6 Å². The van der Waals surface area contributed by atoms with E-state index in [4.69, 9.17) is 0 Å². The summed E-state index contributed by atoms with van der Waals surface area (Å²) in [6.45, 7) is 0.510. The number of carbonyl (C=O) groups is 1.